The third-order valence-electron chi connectivity index (χ3n) is 4.36. The Hall–Kier alpha value is -3.64. The number of amides is 2. The zero-order valence-corrected chi connectivity index (χ0v) is 16.7. The standard InChI is InChI=1S/C23H20ClN3O3/c24-19-15-18(11-12-20(19)28)22(29)27-26-14-13-25-23(30)21(16-7-3-1-4-8-16)17-9-5-2-6-10-17/h1-12,14-15,21,28H,13H2,(H,25,30)(H,27,29). The SMILES string of the molecule is O=C(NN=CCNC(=O)C(c1ccccc1)c1ccccc1)c1ccc(O)c(Cl)c1. The molecule has 0 saturated heterocycles. The number of aromatic hydroxyl groups is 1. The van der Waals surface area contributed by atoms with Gasteiger partial charge in [-0.05, 0) is 29.3 Å². The molecule has 0 saturated carbocycles. The summed E-state index contributed by atoms with van der Waals surface area (Å²) in [6.45, 7) is 0.144. The molecule has 6 nitrogen and oxygen atoms in total. The van der Waals surface area contributed by atoms with Crippen LogP contribution in [0.25, 0.3) is 0 Å². The lowest BCUT2D eigenvalue weighted by atomic mass is 9.90. The molecule has 0 heterocycles. The van der Waals surface area contributed by atoms with Crippen LogP contribution in [0.3, 0.4) is 0 Å². The Bertz CT molecular complexity index is 1000. The number of carbonyl (C=O) groups excluding carboxylic acids is 2. The molecule has 0 aliphatic heterocycles. The molecule has 0 unspecified atom stereocenters. The van der Waals surface area contributed by atoms with E-state index in [4.69, 9.17) is 11.6 Å². The summed E-state index contributed by atoms with van der Waals surface area (Å²) in [5.74, 6) is -1.21. The van der Waals surface area contributed by atoms with Gasteiger partial charge in [-0.1, -0.05) is 72.3 Å². The lowest BCUT2D eigenvalue weighted by molar-refractivity contribution is -0.121. The summed E-state index contributed by atoms with van der Waals surface area (Å²) >= 11 is 5.79. The maximum absolute atomic E-state index is 12.8. The summed E-state index contributed by atoms with van der Waals surface area (Å²) in [4.78, 5) is 24.9. The van der Waals surface area contributed by atoms with Gasteiger partial charge in [0.15, 0.2) is 0 Å². The third kappa shape index (κ3) is 5.46. The second kappa shape index (κ2) is 10.2. The third-order valence-corrected chi connectivity index (χ3v) is 4.67. The molecule has 3 rings (SSSR count). The molecule has 2 amide bonds. The van der Waals surface area contributed by atoms with E-state index in [9.17, 15) is 14.7 Å². The zero-order chi connectivity index (χ0) is 21.3. The van der Waals surface area contributed by atoms with E-state index in [-0.39, 0.29) is 28.8 Å². The Kier molecular flexibility index (Phi) is 7.19. The van der Waals surface area contributed by atoms with Gasteiger partial charge in [0.05, 0.1) is 17.5 Å². The van der Waals surface area contributed by atoms with Crippen LogP contribution in [0.1, 0.15) is 27.4 Å². The van der Waals surface area contributed by atoms with Crippen molar-refractivity contribution in [3.63, 3.8) is 0 Å². The Morgan fingerprint density at radius 2 is 1.57 bits per heavy atom. The van der Waals surface area contributed by atoms with E-state index in [1.807, 2.05) is 60.7 Å². The molecule has 3 aromatic carbocycles. The minimum Gasteiger partial charge on any atom is -0.506 e. The molecule has 30 heavy (non-hydrogen) atoms. The van der Waals surface area contributed by atoms with E-state index in [1.165, 1.54) is 24.4 Å². The number of halogens is 1. The number of carbonyl (C=O) groups is 2. The number of rotatable bonds is 7. The van der Waals surface area contributed by atoms with Crippen LogP contribution in [0.5, 0.6) is 5.75 Å². The maximum atomic E-state index is 12.8. The van der Waals surface area contributed by atoms with Crippen molar-refractivity contribution in [2.45, 2.75) is 5.92 Å². The normalized spacial score (nSPS) is 10.9. The van der Waals surface area contributed by atoms with Gasteiger partial charge in [-0.25, -0.2) is 5.43 Å². The van der Waals surface area contributed by atoms with Crippen LogP contribution in [0.15, 0.2) is 84.0 Å². The van der Waals surface area contributed by atoms with Crippen molar-refractivity contribution in [3.05, 3.63) is 101 Å². The Morgan fingerprint density at radius 3 is 2.13 bits per heavy atom. The van der Waals surface area contributed by atoms with E-state index in [0.717, 1.165) is 11.1 Å². The van der Waals surface area contributed by atoms with Crippen molar-refractivity contribution in [2.24, 2.45) is 5.10 Å². The average Bonchev–Trinajstić information content (AvgIpc) is 2.77. The first-order valence-electron chi connectivity index (χ1n) is 9.24. The first-order valence-corrected chi connectivity index (χ1v) is 9.62. The van der Waals surface area contributed by atoms with Crippen molar-refractivity contribution >= 4 is 29.6 Å². The molecule has 0 spiro atoms. The van der Waals surface area contributed by atoms with Crippen molar-refractivity contribution in [2.75, 3.05) is 6.54 Å². The van der Waals surface area contributed by atoms with E-state index in [0.29, 0.717) is 0 Å². The molecule has 0 atom stereocenters. The monoisotopic (exact) mass is 421 g/mol. The topological polar surface area (TPSA) is 90.8 Å². The van der Waals surface area contributed by atoms with E-state index >= 15 is 0 Å². The van der Waals surface area contributed by atoms with Gasteiger partial charge in [-0.15, -0.1) is 0 Å². The lowest BCUT2D eigenvalue weighted by Crippen LogP contribution is -2.31. The number of phenols is 1. The van der Waals surface area contributed by atoms with Gasteiger partial charge in [0.1, 0.15) is 5.75 Å². The number of benzene rings is 3. The first kappa shape index (κ1) is 21.1. The summed E-state index contributed by atoms with van der Waals surface area (Å²) < 4.78 is 0. The number of hydrogen-bond acceptors (Lipinski definition) is 4. The number of hydrazone groups is 1. The lowest BCUT2D eigenvalue weighted by Gasteiger charge is -2.17. The number of nitrogens with zero attached hydrogens (tertiary/aromatic N) is 1. The van der Waals surface area contributed by atoms with Crippen molar-refractivity contribution in [3.8, 4) is 5.75 Å². The minimum atomic E-state index is -0.481. The Balaban J connectivity index is 1.59. The summed E-state index contributed by atoms with van der Waals surface area (Å²) in [6.07, 6.45) is 1.39. The fourth-order valence-electron chi connectivity index (χ4n) is 2.90. The molecule has 0 radical (unpaired) electrons. The molecule has 0 fully saturated rings. The van der Waals surface area contributed by atoms with Gasteiger partial charge < -0.3 is 10.4 Å². The molecule has 0 aliphatic carbocycles. The van der Waals surface area contributed by atoms with E-state index < -0.39 is 11.8 Å². The van der Waals surface area contributed by atoms with Crippen molar-refractivity contribution < 1.29 is 14.7 Å². The smallest absolute Gasteiger partial charge is 0.271 e. The molecule has 0 aromatic heterocycles. The van der Waals surface area contributed by atoms with Crippen LogP contribution in [-0.2, 0) is 4.79 Å². The zero-order valence-electron chi connectivity index (χ0n) is 16.0. The van der Waals surface area contributed by atoms with Gasteiger partial charge in [0, 0.05) is 11.8 Å². The maximum Gasteiger partial charge on any atom is 0.271 e. The number of hydrogen-bond donors (Lipinski definition) is 3. The van der Waals surface area contributed by atoms with Gasteiger partial charge in [0.2, 0.25) is 5.91 Å². The molecule has 152 valence electrons. The van der Waals surface area contributed by atoms with E-state index in [1.54, 1.807) is 0 Å². The predicted molar refractivity (Wildman–Crippen MR) is 117 cm³/mol. The van der Waals surface area contributed by atoms with E-state index in [2.05, 4.69) is 15.8 Å². The molecule has 3 aromatic rings. The van der Waals surface area contributed by atoms with Crippen LogP contribution in [0.4, 0.5) is 0 Å². The van der Waals surface area contributed by atoms with Crippen molar-refractivity contribution in [1.82, 2.24) is 10.7 Å². The second-order valence-electron chi connectivity index (χ2n) is 6.42. The summed E-state index contributed by atoms with van der Waals surface area (Å²) in [7, 11) is 0. The summed E-state index contributed by atoms with van der Waals surface area (Å²) in [6, 6.07) is 23.1. The molecular weight excluding hydrogens is 402 g/mol. The largest absolute Gasteiger partial charge is 0.506 e. The Morgan fingerprint density at radius 1 is 0.967 bits per heavy atom. The minimum absolute atomic E-state index is 0.0757. The quantitative estimate of drug-likeness (QED) is 0.401. The molecule has 3 N–H and O–H groups in total. The van der Waals surface area contributed by atoms with Crippen LogP contribution in [0.2, 0.25) is 5.02 Å². The highest BCUT2D eigenvalue weighted by Gasteiger charge is 2.21. The second-order valence-corrected chi connectivity index (χ2v) is 6.83. The van der Waals surface area contributed by atoms with Crippen LogP contribution >= 0.6 is 11.6 Å². The predicted octanol–water partition coefficient (Wildman–Crippen LogP) is 3.71. The van der Waals surface area contributed by atoms with Gasteiger partial charge in [-0.2, -0.15) is 5.10 Å². The summed E-state index contributed by atoms with van der Waals surface area (Å²) in [5.41, 5.74) is 4.38. The average molecular weight is 422 g/mol. The molecular formula is C23H20ClN3O3. The first-order chi connectivity index (χ1) is 14.6. The number of phenolic OH excluding ortho intramolecular Hbond substituents is 1. The van der Waals surface area contributed by atoms with Gasteiger partial charge >= 0.3 is 0 Å². The highest BCUT2D eigenvalue weighted by atomic mass is 35.5. The van der Waals surface area contributed by atoms with Gasteiger partial charge in [0.25, 0.3) is 5.91 Å². The fraction of sp³-hybridized carbons (Fsp3) is 0.0870. The highest BCUT2D eigenvalue weighted by molar-refractivity contribution is 6.32. The van der Waals surface area contributed by atoms with Crippen molar-refractivity contribution in [1.29, 1.82) is 0 Å². The Labute approximate surface area is 179 Å². The van der Waals surface area contributed by atoms with Gasteiger partial charge in [-0.3, -0.25) is 9.59 Å². The molecule has 7 heteroatoms. The number of nitrogens with one attached hydrogen (secondary N) is 2. The van der Waals surface area contributed by atoms with Crippen LogP contribution in [0, 0.1) is 0 Å². The summed E-state index contributed by atoms with van der Waals surface area (Å²) in [5, 5.41) is 16.1. The van der Waals surface area contributed by atoms with Crippen LogP contribution < -0.4 is 10.7 Å². The van der Waals surface area contributed by atoms with Crippen LogP contribution in [-0.4, -0.2) is 29.7 Å². The molecule has 0 aliphatic rings. The highest BCUT2D eigenvalue weighted by Crippen LogP contribution is 2.25. The fourth-order valence-corrected chi connectivity index (χ4v) is 3.08. The molecule has 0 bridgehead atoms.